The molecule has 0 aromatic heterocycles. The Hall–Kier alpha value is -1.39. The standard InChI is InChI=1S/C15H18N2O2/c18-14-6-10-5-11(1-4-13(10)17-14)15(8-19-9-15)7-16-12-2-3-12/h1,4-5,12,16H,2-3,6-9H2,(H,17,18). The second kappa shape index (κ2) is 4.05. The Balaban J connectivity index is 1.59. The zero-order chi connectivity index (χ0) is 12.9. The van der Waals surface area contributed by atoms with E-state index in [4.69, 9.17) is 4.74 Å². The van der Waals surface area contributed by atoms with Gasteiger partial charge in [-0.2, -0.15) is 0 Å². The van der Waals surface area contributed by atoms with Crippen LogP contribution in [0.1, 0.15) is 24.0 Å². The summed E-state index contributed by atoms with van der Waals surface area (Å²) in [6.45, 7) is 2.55. The number of fused-ring (bicyclic) bond motifs is 1. The number of rotatable bonds is 4. The Bertz CT molecular complexity index is 533. The predicted octanol–water partition coefficient (Wildman–Crippen LogP) is 1.20. The van der Waals surface area contributed by atoms with E-state index in [0.29, 0.717) is 6.42 Å². The summed E-state index contributed by atoms with van der Waals surface area (Å²) < 4.78 is 5.46. The molecular formula is C15H18N2O2. The highest BCUT2D eigenvalue weighted by Gasteiger charge is 2.41. The van der Waals surface area contributed by atoms with E-state index in [9.17, 15) is 4.79 Å². The van der Waals surface area contributed by atoms with Gasteiger partial charge in [0.2, 0.25) is 5.91 Å². The maximum atomic E-state index is 11.4. The first-order chi connectivity index (χ1) is 9.25. The molecule has 0 unspecified atom stereocenters. The maximum Gasteiger partial charge on any atom is 0.228 e. The molecule has 1 aliphatic carbocycles. The molecule has 1 amide bonds. The lowest BCUT2D eigenvalue weighted by molar-refractivity contribution is -0.115. The molecule has 2 heterocycles. The lowest BCUT2D eigenvalue weighted by atomic mass is 9.77. The molecule has 1 saturated carbocycles. The number of carbonyl (C=O) groups excluding carboxylic acids is 1. The Morgan fingerprint density at radius 2 is 2.21 bits per heavy atom. The molecule has 4 heteroatoms. The number of amides is 1. The third-order valence-corrected chi connectivity index (χ3v) is 4.41. The molecule has 0 atom stereocenters. The van der Waals surface area contributed by atoms with E-state index in [-0.39, 0.29) is 11.3 Å². The topological polar surface area (TPSA) is 50.4 Å². The maximum absolute atomic E-state index is 11.4. The van der Waals surface area contributed by atoms with Gasteiger partial charge in [0, 0.05) is 18.3 Å². The van der Waals surface area contributed by atoms with Gasteiger partial charge in [-0.3, -0.25) is 4.79 Å². The van der Waals surface area contributed by atoms with E-state index in [1.165, 1.54) is 18.4 Å². The summed E-state index contributed by atoms with van der Waals surface area (Å²) in [5, 5.41) is 6.50. The zero-order valence-electron chi connectivity index (χ0n) is 10.9. The van der Waals surface area contributed by atoms with E-state index in [1.807, 2.05) is 6.07 Å². The Morgan fingerprint density at radius 3 is 2.89 bits per heavy atom. The quantitative estimate of drug-likeness (QED) is 0.853. The van der Waals surface area contributed by atoms with Crippen molar-refractivity contribution in [3.8, 4) is 0 Å². The van der Waals surface area contributed by atoms with Crippen molar-refractivity contribution in [3.05, 3.63) is 29.3 Å². The minimum atomic E-state index is 0.0992. The van der Waals surface area contributed by atoms with Gasteiger partial charge in [-0.25, -0.2) is 0 Å². The summed E-state index contributed by atoms with van der Waals surface area (Å²) in [4.78, 5) is 11.4. The summed E-state index contributed by atoms with van der Waals surface area (Å²) >= 11 is 0. The molecule has 4 nitrogen and oxygen atoms in total. The van der Waals surface area contributed by atoms with Crippen LogP contribution in [0.3, 0.4) is 0 Å². The minimum absolute atomic E-state index is 0.0992. The summed E-state index contributed by atoms with van der Waals surface area (Å²) in [5.74, 6) is 0.0992. The van der Waals surface area contributed by atoms with Gasteiger partial charge in [-0.1, -0.05) is 12.1 Å². The van der Waals surface area contributed by atoms with Crippen molar-refractivity contribution in [1.29, 1.82) is 0 Å². The number of carbonyl (C=O) groups is 1. The highest BCUT2D eigenvalue weighted by atomic mass is 16.5. The number of hydrogen-bond acceptors (Lipinski definition) is 3. The normalized spacial score (nSPS) is 23.7. The Morgan fingerprint density at radius 1 is 1.37 bits per heavy atom. The lowest BCUT2D eigenvalue weighted by Crippen LogP contribution is -2.53. The second-order valence-electron chi connectivity index (χ2n) is 6.03. The fourth-order valence-electron chi connectivity index (χ4n) is 2.91. The zero-order valence-corrected chi connectivity index (χ0v) is 10.9. The summed E-state index contributed by atoms with van der Waals surface area (Å²) in [5.41, 5.74) is 3.52. The fraction of sp³-hybridized carbons (Fsp3) is 0.533. The van der Waals surface area contributed by atoms with Crippen molar-refractivity contribution >= 4 is 11.6 Å². The summed E-state index contributed by atoms with van der Waals surface area (Å²) in [6.07, 6.45) is 3.12. The van der Waals surface area contributed by atoms with Crippen molar-refractivity contribution < 1.29 is 9.53 Å². The fourth-order valence-corrected chi connectivity index (χ4v) is 2.91. The monoisotopic (exact) mass is 258 g/mol. The molecule has 1 aromatic rings. The first-order valence-electron chi connectivity index (χ1n) is 7.00. The molecular weight excluding hydrogens is 240 g/mol. The van der Waals surface area contributed by atoms with Gasteiger partial charge in [0.05, 0.1) is 25.0 Å². The van der Waals surface area contributed by atoms with E-state index in [2.05, 4.69) is 22.8 Å². The average molecular weight is 258 g/mol. The third kappa shape index (κ3) is 1.95. The molecule has 2 N–H and O–H groups in total. The lowest BCUT2D eigenvalue weighted by Gasteiger charge is -2.42. The Kier molecular flexibility index (Phi) is 2.44. The van der Waals surface area contributed by atoms with Gasteiger partial charge in [0.15, 0.2) is 0 Å². The van der Waals surface area contributed by atoms with Crippen LogP contribution in [0.2, 0.25) is 0 Å². The van der Waals surface area contributed by atoms with Crippen LogP contribution in [0.15, 0.2) is 18.2 Å². The van der Waals surface area contributed by atoms with Crippen molar-refractivity contribution in [1.82, 2.24) is 5.32 Å². The number of anilines is 1. The number of ether oxygens (including phenoxy) is 1. The molecule has 4 rings (SSSR count). The molecule has 0 spiro atoms. The van der Waals surface area contributed by atoms with Crippen LogP contribution >= 0.6 is 0 Å². The molecule has 0 bridgehead atoms. The van der Waals surface area contributed by atoms with Crippen LogP contribution in [0.25, 0.3) is 0 Å². The number of nitrogens with one attached hydrogen (secondary N) is 2. The van der Waals surface area contributed by atoms with Crippen molar-refractivity contribution in [3.63, 3.8) is 0 Å². The van der Waals surface area contributed by atoms with E-state index >= 15 is 0 Å². The largest absolute Gasteiger partial charge is 0.379 e. The molecule has 1 saturated heterocycles. The van der Waals surface area contributed by atoms with Crippen molar-refractivity contribution in [2.24, 2.45) is 0 Å². The van der Waals surface area contributed by atoms with Crippen LogP contribution in [0.4, 0.5) is 5.69 Å². The molecule has 2 aliphatic heterocycles. The molecule has 2 fully saturated rings. The first-order valence-corrected chi connectivity index (χ1v) is 7.00. The van der Waals surface area contributed by atoms with Crippen molar-refractivity contribution in [2.45, 2.75) is 30.7 Å². The van der Waals surface area contributed by atoms with E-state index < -0.39 is 0 Å². The highest BCUT2D eigenvalue weighted by Crippen LogP contribution is 2.36. The van der Waals surface area contributed by atoms with Crippen LogP contribution in [0, 0.1) is 0 Å². The Labute approximate surface area is 112 Å². The van der Waals surface area contributed by atoms with Gasteiger partial charge in [-0.15, -0.1) is 0 Å². The van der Waals surface area contributed by atoms with Crippen LogP contribution in [-0.2, 0) is 21.4 Å². The smallest absolute Gasteiger partial charge is 0.228 e. The van der Waals surface area contributed by atoms with Crippen LogP contribution in [-0.4, -0.2) is 31.7 Å². The average Bonchev–Trinajstić information content (AvgIpc) is 3.08. The van der Waals surface area contributed by atoms with Crippen molar-refractivity contribution in [2.75, 3.05) is 25.1 Å². The first kappa shape index (κ1) is 11.4. The summed E-state index contributed by atoms with van der Waals surface area (Å²) in [6, 6.07) is 7.08. The SMILES string of the molecule is O=C1Cc2cc(C3(CNC4CC4)COC3)ccc2N1. The van der Waals surface area contributed by atoms with Gasteiger partial charge in [-0.05, 0) is 30.0 Å². The van der Waals surface area contributed by atoms with Gasteiger partial charge < -0.3 is 15.4 Å². The number of hydrogen-bond donors (Lipinski definition) is 2. The highest BCUT2D eigenvalue weighted by molar-refractivity contribution is 5.99. The molecule has 19 heavy (non-hydrogen) atoms. The second-order valence-corrected chi connectivity index (χ2v) is 6.03. The van der Waals surface area contributed by atoms with Gasteiger partial charge in [0.25, 0.3) is 0 Å². The van der Waals surface area contributed by atoms with Crippen LogP contribution in [0.5, 0.6) is 0 Å². The van der Waals surface area contributed by atoms with Gasteiger partial charge >= 0.3 is 0 Å². The minimum Gasteiger partial charge on any atom is -0.379 e. The van der Waals surface area contributed by atoms with Gasteiger partial charge in [0.1, 0.15) is 0 Å². The predicted molar refractivity (Wildman–Crippen MR) is 72.3 cm³/mol. The summed E-state index contributed by atoms with van der Waals surface area (Å²) in [7, 11) is 0. The van der Waals surface area contributed by atoms with E-state index in [0.717, 1.165) is 37.1 Å². The molecule has 0 radical (unpaired) electrons. The molecule has 1 aromatic carbocycles. The third-order valence-electron chi connectivity index (χ3n) is 4.41. The molecule has 100 valence electrons. The number of benzene rings is 1. The van der Waals surface area contributed by atoms with Crippen LogP contribution < -0.4 is 10.6 Å². The molecule has 3 aliphatic rings. The van der Waals surface area contributed by atoms with E-state index in [1.54, 1.807) is 0 Å².